The molecule has 0 spiro atoms. The van der Waals surface area contributed by atoms with Crippen molar-refractivity contribution in [2.45, 2.75) is 43.2 Å². The van der Waals surface area contributed by atoms with Crippen molar-refractivity contribution >= 4 is 23.2 Å². The molecule has 0 aromatic carbocycles. The van der Waals surface area contributed by atoms with Gasteiger partial charge in [-0.25, -0.2) is 9.78 Å². The van der Waals surface area contributed by atoms with Gasteiger partial charge in [-0.2, -0.15) is 0 Å². The number of rotatable bonds is 4. The van der Waals surface area contributed by atoms with Crippen molar-refractivity contribution in [3.8, 4) is 0 Å². The van der Waals surface area contributed by atoms with Crippen LogP contribution in [0.25, 0.3) is 0 Å². The summed E-state index contributed by atoms with van der Waals surface area (Å²) >= 11 is 1.32. The first-order valence-corrected chi connectivity index (χ1v) is 7.01. The van der Waals surface area contributed by atoms with E-state index >= 15 is 0 Å². The number of carbonyl (C=O) groups excluding carboxylic acids is 1. The number of carboxylic acid groups (broad SMARTS) is 1. The second-order valence-electron chi connectivity index (χ2n) is 5.24. The Bertz CT molecular complexity index is 532. The molecule has 3 N–H and O–H groups in total. The van der Waals surface area contributed by atoms with Crippen molar-refractivity contribution in [2.75, 3.05) is 0 Å². The molecule has 6 nitrogen and oxygen atoms in total. The zero-order chi connectivity index (χ0) is 13.6. The lowest BCUT2D eigenvalue weighted by atomic mass is 9.74. The maximum atomic E-state index is 12.0. The topological polar surface area (TPSA) is 99.5 Å². The molecule has 7 heteroatoms. The third kappa shape index (κ3) is 2.23. The van der Waals surface area contributed by atoms with Crippen LogP contribution in [0.2, 0.25) is 0 Å². The highest BCUT2D eigenvalue weighted by atomic mass is 32.1. The lowest BCUT2D eigenvalue weighted by Crippen LogP contribution is -2.64. The highest BCUT2D eigenvalue weighted by molar-refractivity contribution is 7.13. The van der Waals surface area contributed by atoms with Gasteiger partial charge in [-0.15, -0.1) is 11.3 Å². The van der Waals surface area contributed by atoms with Crippen molar-refractivity contribution in [3.63, 3.8) is 0 Å². The Balaban J connectivity index is 1.71. The standard InChI is InChI=1S/C12H14N2O4S/c15-7-3-12(4-7,11(17)18)14-9(16)8-5-13-10(19-8)6-1-2-6/h5-7,15H,1-4H2,(H,14,16)(H,17,18). The maximum Gasteiger partial charge on any atom is 0.329 e. The minimum atomic E-state index is -1.32. The monoisotopic (exact) mass is 282 g/mol. The summed E-state index contributed by atoms with van der Waals surface area (Å²) in [5.74, 6) is -1.04. The third-order valence-electron chi connectivity index (χ3n) is 3.60. The van der Waals surface area contributed by atoms with Gasteiger partial charge in [-0.3, -0.25) is 4.79 Å². The van der Waals surface area contributed by atoms with Gasteiger partial charge in [0.2, 0.25) is 0 Å². The van der Waals surface area contributed by atoms with E-state index < -0.39 is 23.5 Å². The molecule has 0 saturated heterocycles. The van der Waals surface area contributed by atoms with E-state index in [9.17, 15) is 14.7 Å². The molecule has 2 aliphatic rings. The molecule has 1 aromatic rings. The van der Waals surface area contributed by atoms with E-state index in [1.165, 1.54) is 17.5 Å². The zero-order valence-corrected chi connectivity index (χ0v) is 10.9. The summed E-state index contributed by atoms with van der Waals surface area (Å²) in [7, 11) is 0. The quantitative estimate of drug-likeness (QED) is 0.756. The first-order valence-electron chi connectivity index (χ1n) is 6.20. The van der Waals surface area contributed by atoms with Crippen LogP contribution in [0.5, 0.6) is 0 Å². The summed E-state index contributed by atoms with van der Waals surface area (Å²) in [6.45, 7) is 0. The molecular weight excluding hydrogens is 268 g/mol. The van der Waals surface area contributed by atoms with Gasteiger partial charge in [-0.1, -0.05) is 0 Å². The molecule has 102 valence electrons. The minimum absolute atomic E-state index is 0.0579. The normalized spacial score (nSPS) is 29.6. The molecule has 2 fully saturated rings. The van der Waals surface area contributed by atoms with Crippen LogP contribution >= 0.6 is 11.3 Å². The highest BCUT2D eigenvalue weighted by Crippen LogP contribution is 2.42. The third-order valence-corrected chi connectivity index (χ3v) is 4.76. The molecule has 3 rings (SSSR count). The van der Waals surface area contributed by atoms with Gasteiger partial charge in [0.1, 0.15) is 10.4 Å². The van der Waals surface area contributed by atoms with Gasteiger partial charge in [0.05, 0.1) is 17.3 Å². The molecular formula is C12H14N2O4S. The summed E-state index contributed by atoms with van der Waals surface area (Å²) < 4.78 is 0. The molecule has 2 aliphatic carbocycles. The predicted octanol–water partition coefficient (Wildman–Crippen LogP) is 0.728. The number of aliphatic hydroxyl groups excluding tert-OH is 1. The lowest BCUT2D eigenvalue weighted by molar-refractivity contribution is -0.153. The van der Waals surface area contributed by atoms with E-state index in [2.05, 4.69) is 10.3 Å². The Kier molecular flexibility index (Phi) is 2.83. The number of carboxylic acids is 1. The Labute approximate surface area is 113 Å². The smallest absolute Gasteiger partial charge is 0.329 e. The van der Waals surface area contributed by atoms with Gasteiger partial charge in [0.25, 0.3) is 5.91 Å². The van der Waals surface area contributed by atoms with Gasteiger partial charge < -0.3 is 15.5 Å². The van der Waals surface area contributed by atoms with Gasteiger partial charge in [0.15, 0.2) is 0 Å². The molecule has 0 bridgehead atoms. The molecule has 1 amide bonds. The van der Waals surface area contributed by atoms with Crippen molar-refractivity contribution in [1.82, 2.24) is 10.3 Å². The van der Waals surface area contributed by atoms with Crippen LogP contribution in [0.4, 0.5) is 0 Å². The van der Waals surface area contributed by atoms with E-state index in [0.29, 0.717) is 10.8 Å². The highest BCUT2D eigenvalue weighted by Gasteiger charge is 2.51. The van der Waals surface area contributed by atoms with Crippen LogP contribution in [0.3, 0.4) is 0 Å². The van der Waals surface area contributed by atoms with E-state index in [0.717, 1.165) is 17.8 Å². The fraction of sp³-hybridized carbons (Fsp3) is 0.583. The largest absolute Gasteiger partial charge is 0.480 e. The molecule has 0 radical (unpaired) electrons. The lowest BCUT2D eigenvalue weighted by Gasteiger charge is -2.41. The van der Waals surface area contributed by atoms with E-state index in [4.69, 9.17) is 5.11 Å². The fourth-order valence-corrected chi connectivity index (χ4v) is 3.25. The number of amides is 1. The number of hydrogen-bond acceptors (Lipinski definition) is 5. The van der Waals surface area contributed by atoms with Gasteiger partial charge >= 0.3 is 5.97 Å². The summed E-state index contributed by atoms with van der Waals surface area (Å²) in [6, 6.07) is 0. The van der Waals surface area contributed by atoms with Crippen molar-refractivity contribution in [1.29, 1.82) is 0 Å². The molecule has 0 unspecified atom stereocenters. The van der Waals surface area contributed by atoms with Crippen molar-refractivity contribution in [2.24, 2.45) is 0 Å². The van der Waals surface area contributed by atoms with Crippen LogP contribution in [-0.4, -0.2) is 38.7 Å². The molecule has 2 saturated carbocycles. The maximum absolute atomic E-state index is 12.0. The molecule has 19 heavy (non-hydrogen) atoms. The van der Waals surface area contributed by atoms with E-state index in [-0.39, 0.29) is 12.8 Å². The number of hydrogen-bond donors (Lipinski definition) is 3. The van der Waals surface area contributed by atoms with E-state index in [1.807, 2.05) is 0 Å². The Morgan fingerprint density at radius 2 is 2.11 bits per heavy atom. The molecule has 1 heterocycles. The number of nitrogens with zero attached hydrogens (tertiary/aromatic N) is 1. The van der Waals surface area contributed by atoms with Crippen molar-refractivity contribution < 1.29 is 19.8 Å². The number of thiazole rings is 1. The average molecular weight is 282 g/mol. The summed E-state index contributed by atoms with van der Waals surface area (Å²) in [5.41, 5.74) is -1.32. The predicted molar refractivity (Wildman–Crippen MR) is 67.2 cm³/mol. The number of aliphatic hydroxyl groups is 1. The average Bonchev–Trinajstić information content (AvgIpc) is 3.04. The first-order chi connectivity index (χ1) is 9.00. The van der Waals surface area contributed by atoms with E-state index in [1.54, 1.807) is 0 Å². The van der Waals surface area contributed by atoms with Crippen LogP contribution in [-0.2, 0) is 4.79 Å². The molecule has 1 aromatic heterocycles. The van der Waals surface area contributed by atoms with Crippen LogP contribution in [0.15, 0.2) is 6.20 Å². The second kappa shape index (κ2) is 4.28. The summed E-state index contributed by atoms with van der Waals surface area (Å²) in [4.78, 5) is 27.9. The minimum Gasteiger partial charge on any atom is -0.480 e. The molecule has 0 atom stereocenters. The Morgan fingerprint density at radius 3 is 2.63 bits per heavy atom. The van der Waals surface area contributed by atoms with Gasteiger partial charge in [-0.05, 0) is 12.8 Å². The number of nitrogens with one attached hydrogen (secondary N) is 1. The van der Waals surface area contributed by atoms with Crippen LogP contribution < -0.4 is 5.32 Å². The van der Waals surface area contributed by atoms with Crippen LogP contribution in [0, 0.1) is 0 Å². The number of carbonyl (C=O) groups is 2. The van der Waals surface area contributed by atoms with Crippen molar-refractivity contribution in [3.05, 3.63) is 16.1 Å². The Morgan fingerprint density at radius 1 is 1.42 bits per heavy atom. The number of aliphatic carboxylic acids is 1. The first kappa shape index (κ1) is 12.6. The number of aromatic nitrogens is 1. The Hall–Kier alpha value is -1.47. The van der Waals surface area contributed by atoms with Crippen LogP contribution in [0.1, 0.15) is 46.3 Å². The zero-order valence-electron chi connectivity index (χ0n) is 10.1. The fourth-order valence-electron chi connectivity index (χ4n) is 2.27. The molecule has 0 aliphatic heterocycles. The SMILES string of the molecule is O=C(NC1(C(=O)O)CC(O)C1)c1cnc(C2CC2)s1. The second-order valence-corrected chi connectivity index (χ2v) is 6.30. The summed E-state index contributed by atoms with van der Waals surface area (Å²) in [5, 5.41) is 21.9. The summed E-state index contributed by atoms with van der Waals surface area (Å²) in [6.07, 6.45) is 3.18. The van der Waals surface area contributed by atoms with Gasteiger partial charge in [0, 0.05) is 18.8 Å².